The van der Waals surface area contributed by atoms with Crippen LogP contribution in [0.3, 0.4) is 0 Å². The van der Waals surface area contributed by atoms with Crippen LogP contribution in [0.5, 0.6) is 5.75 Å². The van der Waals surface area contributed by atoms with Crippen molar-refractivity contribution in [2.75, 3.05) is 12.4 Å². The summed E-state index contributed by atoms with van der Waals surface area (Å²) in [6.07, 6.45) is 11.2. The minimum atomic E-state index is 0.538. The standard InChI is InChI=1S/C12H19N3O/c1-16-11-8-13-12(14-9-11)15-10-6-4-2-3-5-7-10/h8-10H,2-7H2,1H3,(H,13,14,15). The van der Waals surface area contributed by atoms with Crippen molar-refractivity contribution in [1.29, 1.82) is 0 Å². The van der Waals surface area contributed by atoms with E-state index < -0.39 is 0 Å². The van der Waals surface area contributed by atoms with Crippen molar-refractivity contribution in [1.82, 2.24) is 9.97 Å². The first-order valence-corrected chi connectivity index (χ1v) is 6.01. The van der Waals surface area contributed by atoms with E-state index in [0.717, 1.165) is 0 Å². The highest BCUT2D eigenvalue weighted by Gasteiger charge is 2.12. The maximum atomic E-state index is 5.03. The van der Waals surface area contributed by atoms with Crippen molar-refractivity contribution in [3.63, 3.8) is 0 Å². The van der Waals surface area contributed by atoms with Crippen LogP contribution in [0.25, 0.3) is 0 Å². The van der Waals surface area contributed by atoms with Gasteiger partial charge in [0.2, 0.25) is 5.95 Å². The minimum Gasteiger partial charge on any atom is -0.494 e. The van der Waals surface area contributed by atoms with E-state index in [0.29, 0.717) is 17.7 Å². The number of methoxy groups -OCH3 is 1. The van der Waals surface area contributed by atoms with Crippen LogP contribution in [-0.2, 0) is 0 Å². The van der Waals surface area contributed by atoms with Gasteiger partial charge in [-0.2, -0.15) is 0 Å². The number of hydrogen-bond donors (Lipinski definition) is 1. The summed E-state index contributed by atoms with van der Waals surface area (Å²) >= 11 is 0. The molecule has 4 heteroatoms. The highest BCUT2D eigenvalue weighted by atomic mass is 16.5. The quantitative estimate of drug-likeness (QED) is 0.797. The fourth-order valence-electron chi connectivity index (χ4n) is 2.10. The largest absolute Gasteiger partial charge is 0.494 e. The maximum absolute atomic E-state index is 5.03. The van der Waals surface area contributed by atoms with Gasteiger partial charge < -0.3 is 10.1 Å². The summed E-state index contributed by atoms with van der Waals surface area (Å²) < 4.78 is 5.03. The highest BCUT2D eigenvalue weighted by molar-refractivity contribution is 5.28. The summed E-state index contributed by atoms with van der Waals surface area (Å²) in [7, 11) is 1.62. The molecule has 0 spiro atoms. The molecule has 1 N–H and O–H groups in total. The Kier molecular flexibility index (Phi) is 3.97. The van der Waals surface area contributed by atoms with Gasteiger partial charge in [0.1, 0.15) is 0 Å². The average Bonchev–Trinajstić information content (AvgIpc) is 2.59. The molecule has 0 unspecified atom stereocenters. The van der Waals surface area contributed by atoms with Gasteiger partial charge in [0, 0.05) is 6.04 Å². The second-order valence-electron chi connectivity index (χ2n) is 4.28. The minimum absolute atomic E-state index is 0.538. The highest BCUT2D eigenvalue weighted by Crippen LogP contribution is 2.19. The maximum Gasteiger partial charge on any atom is 0.223 e. The summed E-state index contributed by atoms with van der Waals surface area (Å²) in [5.74, 6) is 1.42. The van der Waals surface area contributed by atoms with E-state index in [1.54, 1.807) is 19.5 Å². The van der Waals surface area contributed by atoms with Crippen molar-refractivity contribution in [3.8, 4) is 5.75 Å². The molecule has 0 aromatic carbocycles. The first-order chi connectivity index (χ1) is 7.88. The molecule has 1 heterocycles. The third-order valence-electron chi connectivity index (χ3n) is 3.05. The number of anilines is 1. The van der Waals surface area contributed by atoms with Gasteiger partial charge in [-0.25, -0.2) is 9.97 Å². The Labute approximate surface area is 96.4 Å². The van der Waals surface area contributed by atoms with Gasteiger partial charge in [-0.1, -0.05) is 25.7 Å². The van der Waals surface area contributed by atoms with Crippen LogP contribution in [-0.4, -0.2) is 23.1 Å². The predicted molar refractivity (Wildman–Crippen MR) is 63.7 cm³/mol. The Bertz CT molecular complexity index is 305. The molecule has 4 nitrogen and oxygen atoms in total. The van der Waals surface area contributed by atoms with Gasteiger partial charge in [-0.3, -0.25) is 0 Å². The lowest BCUT2D eigenvalue weighted by Gasteiger charge is -2.15. The van der Waals surface area contributed by atoms with E-state index in [1.807, 2.05) is 0 Å². The number of ether oxygens (including phenoxy) is 1. The SMILES string of the molecule is COc1cnc(NC2CCCCCC2)nc1. The fraction of sp³-hybridized carbons (Fsp3) is 0.667. The zero-order valence-electron chi connectivity index (χ0n) is 9.78. The van der Waals surface area contributed by atoms with Gasteiger partial charge in [0.25, 0.3) is 0 Å². The Morgan fingerprint density at radius 3 is 2.31 bits per heavy atom. The number of nitrogens with zero attached hydrogens (tertiary/aromatic N) is 2. The number of nitrogens with one attached hydrogen (secondary N) is 1. The molecule has 1 saturated carbocycles. The van der Waals surface area contributed by atoms with Crippen molar-refractivity contribution < 1.29 is 4.74 Å². The van der Waals surface area contributed by atoms with E-state index in [9.17, 15) is 0 Å². The van der Waals surface area contributed by atoms with Gasteiger partial charge in [-0.05, 0) is 12.8 Å². The molecule has 1 aromatic rings. The van der Waals surface area contributed by atoms with Crippen molar-refractivity contribution in [3.05, 3.63) is 12.4 Å². The molecule has 2 rings (SSSR count). The first kappa shape index (κ1) is 11.2. The van der Waals surface area contributed by atoms with Crippen LogP contribution in [0.1, 0.15) is 38.5 Å². The predicted octanol–water partition coefficient (Wildman–Crippen LogP) is 2.62. The molecule has 88 valence electrons. The van der Waals surface area contributed by atoms with Crippen LogP contribution in [0.15, 0.2) is 12.4 Å². The Morgan fingerprint density at radius 1 is 1.12 bits per heavy atom. The van der Waals surface area contributed by atoms with E-state index in [1.165, 1.54) is 38.5 Å². The molecular formula is C12H19N3O. The molecule has 0 bridgehead atoms. The Hall–Kier alpha value is -1.32. The zero-order valence-corrected chi connectivity index (χ0v) is 9.78. The normalized spacial score (nSPS) is 17.8. The zero-order chi connectivity index (χ0) is 11.2. The average molecular weight is 221 g/mol. The molecule has 1 aliphatic carbocycles. The van der Waals surface area contributed by atoms with E-state index in [-0.39, 0.29) is 0 Å². The molecule has 1 fully saturated rings. The Balaban J connectivity index is 1.91. The molecule has 0 atom stereocenters. The van der Waals surface area contributed by atoms with Crippen molar-refractivity contribution in [2.45, 2.75) is 44.6 Å². The second-order valence-corrected chi connectivity index (χ2v) is 4.28. The molecule has 16 heavy (non-hydrogen) atoms. The molecule has 0 radical (unpaired) electrons. The van der Waals surface area contributed by atoms with Gasteiger partial charge in [-0.15, -0.1) is 0 Å². The van der Waals surface area contributed by atoms with E-state index >= 15 is 0 Å². The molecular weight excluding hydrogens is 202 g/mol. The molecule has 1 aromatic heterocycles. The summed E-state index contributed by atoms with van der Waals surface area (Å²) in [5, 5.41) is 3.39. The molecule has 1 aliphatic rings. The molecule has 0 amide bonds. The van der Waals surface area contributed by atoms with Crippen molar-refractivity contribution >= 4 is 5.95 Å². The van der Waals surface area contributed by atoms with Gasteiger partial charge in [0.15, 0.2) is 5.75 Å². The first-order valence-electron chi connectivity index (χ1n) is 6.01. The monoisotopic (exact) mass is 221 g/mol. The number of hydrogen-bond acceptors (Lipinski definition) is 4. The van der Waals surface area contributed by atoms with Crippen molar-refractivity contribution in [2.24, 2.45) is 0 Å². The third-order valence-corrected chi connectivity index (χ3v) is 3.05. The summed E-state index contributed by atoms with van der Waals surface area (Å²) in [6.45, 7) is 0. The van der Waals surface area contributed by atoms with Crippen LogP contribution < -0.4 is 10.1 Å². The van der Waals surface area contributed by atoms with Crippen LogP contribution >= 0.6 is 0 Å². The van der Waals surface area contributed by atoms with Gasteiger partial charge >= 0.3 is 0 Å². The number of rotatable bonds is 3. The lowest BCUT2D eigenvalue weighted by Crippen LogP contribution is -2.19. The fourth-order valence-corrected chi connectivity index (χ4v) is 2.10. The van der Waals surface area contributed by atoms with Crippen LogP contribution in [0.4, 0.5) is 5.95 Å². The summed E-state index contributed by atoms with van der Waals surface area (Å²) in [4.78, 5) is 8.45. The third kappa shape index (κ3) is 3.08. The lowest BCUT2D eigenvalue weighted by molar-refractivity contribution is 0.410. The smallest absolute Gasteiger partial charge is 0.223 e. The van der Waals surface area contributed by atoms with Crippen LogP contribution in [0.2, 0.25) is 0 Å². The topological polar surface area (TPSA) is 47.0 Å². The van der Waals surface area contributed by atoms with Gasteiger partial charge in [0.05, 0.1) is 19.5 Å². The van der Waals surface area contributed by atoms with Crippen LogP contribution in [0, 0.1) is 0 Å². The summed E-state index contributed by atoms with van der Waals surface area (Å²) in [5.41, 5.74) is 0. The number of aromatic nitrogens is 2. The lowest BCUT2D eigenvalue weighted by atomic mass is 10.1. The molecule has 0 saturated heterocycles. The van der Waals surface area contributed by atoms with E-state index in [4.69, 9.17) is 4.74 Å². The Morgan fingerprint density at radius 2 is 1.75 bits per heavy atom. The molecule has 0 aliphatic heterocycles. The summed E-state index contributed by atoms with van der Waals surface area (Å²) in [6, 6.07) is 0.538. The second kappa shape index (κ2) is 5.68. The van der Waals surface area contributed by atoms with E-state index in [2.05, 4.69) is 15.3 Å².